The van der Waals surface area contributed by atoms with Gasteiger partial charge in [0.05, 0.1) is 16.8 Å². The maximum atomic E-state index is 13.2. The number of alkyl halides is 6. The molecule has 0 aliphatic carbocycles. The fourth-order valence-electron chi connectivity index (χ4n) is 4.62. The van der Waals surface area contributed by atoms with Gasteiger partial charge in [-0.25, -0.2) is 0 Å². The average molecular weight is 490 g/mol. The predicted molar refractivity (Wildman–Crippen MR) is 109 cm³/mol. The molecular weight excluding hydrogens is 466 g/mol. The van der Waals surface area contributed by atoms with Gasteiger partial charge in [0.1, 0.15) is 6.23 Å². The summed E-state index contributed by atoms with van der Waals surface area (Å²) in [5.74, 6) is -0.846. The minimum atomic E-state index is -4.89. The van der Waals surface area contributed by atoms with E-state index in [4.69, 9.17) is 0 Å². The molecule has 12 heteroatoms. The molecule has 34 heavy (non-hydrogen) atoms. The van der Waals surface area contributed by atoms with Crippen molar-refractivity contribution in [3.63, 3.8) is 0 Å². The molecule has 0 spiro atoms. The lowest BCUT2D eigenvalue weighted by Crippen LogP contribution is -2.40. The van der Waals surface area contributed by atoms with Crippen LogP contribution in [0, 0.1) is 0 Å². The Balaban J connectivity index is 1.48. The largest absolute Gasteiger partial charge is 0.416 e. The summed E-state index contributed by atoms with van der Waals surface area (Å²) in [6, 6.07) is 1.67. The van der Waals surface area contributed by atoms with E-state index in [0.29, 0.717) is 19.5 Å². The summed E-state index contributed by atoms with van der Waals surface area (Å²) in [6.07, 6.45) is -9.41. The fourth-order valence-corrected chi connectivity index (χ4v) is 4.62. The number of nitrogens with zero attached hydrogens (tertiary/aromatic N) is 3. The maximum Gasteiger partial charge on any atom is 0.416 e. The van der Waals surface area contributed by atoms with Crippen molar-refractivity contribution in [3.05, 3.63) is 51.8 Å². The molecule has 2 aliphatic rings. The number of aliphatic hydroxyl groups is 1. The SMILES string of the molecule is CC(O)N1CCc2c(C(=O)N3CCC(c4cc(C(F)(F)F)cc(C(F)(F)F)c4)CC3)n[nH]c2C1. The van der Waals surface area contributed by atoms with Crippen molar-refractivity contribution in [1.29, 1.82) is 0 Å². The molecule has 1 unspecified atom stereocenters. The van der Waals surface area contributed by atoms with Gasteiger partial charge in [0.15, 0.2) is 5.69 Å². The second kappa shape index (κ2) is 8.88. The van der Waals surface area contributed by atoms with Gasteiger partial charge >= 0.3 is 12.4 Å². The van der Waals surface area contributed by atoms with Gasteiger partial charge in [-0.1, -0.05) is 0 Å². The van der Waals surface area contributed by atoms with Crippen LogP contribution in [0.3, 0.4) is 0 Å². The number of aromatic amines is 1. The molecule has 2 aliphatic heterocycles. The molecule has 1 atom stereocenters. The summed E-state index contributed by atoms with van der Waals surface area (Å²) in [5.41, 5.74) is -0.886. The Hall–Kier alpha value is -2.60. The van der Waals surface area contributed by atoms with E-state index in [-0.39, 0.29) is 49.2 Å². The van der Waals surface area contributed by atoms with Gasteiger partial charge in [-0.15, -0.1) is 0 Å². The number of nitrogens with one attached hydrogen (secondary N) is 1. The van der Waals surface area contributed by atoms with Crippen LogP contribution in [0.1, 0.15) is 64.1 Å². The molecule has 6 nitrogen and oxygen atoms in total. The number of rotatable bonds is 3. The predicted octanol–water partition coefficient (Wildman–Crippen LogP) is 4.16. The maximum absolute atomic E-state index is 13.2. The molecule has 186 valence electrons. The first-order chi connectivity index (χ1) is 15.8. The van der Waals surface area contributed by atoms with Gasteiger partial charge in [-0.2, -0.15) is 31.4 Å². The molecule has 2 N–H and O–H groups in total. The monoisotopic (exact) mass is 490 g/mol. The number of aromatic nitrogens is 2. The molecule has 3 heterocycles. The van der Waals surface area contributed by atoms with Gasteiger partial charge in [-0.3, -0.25) is 14.8 Å². The Kier molecular flexibility index (Phi) is 6.40. The zero-order valence-corrected chi connectivity index (χ0v) is 18.3. The van der Waals surface area contributed by atoms with E-state index in [9.17, 15) is 36.2 Å². The van der Waals surface area contributed by atoms with Crippen LogP contribution in [0.5, 0.6) is 0 Å². The van der Waals surface area contributed by atoms with E-state index in [0.717, 1.165) is 23.4 Å². The zero-order valence-electron chi connectivity index (χ0n) is 18.3. The highest BCUT2D eigenvalue weighted by Crippen LogP contribution is 2.39. The number of carbonyl (C=O) groups is 1. The fraction of sp³-hybridized carbons (Fsp3) is 0.545. The number of amides is 1. The number of aliphatic hydroxyl groups excluding tert-OH is 1. The third-order valence-corrected chi connectivity index (χ3v) is 6.56. The number of hydrogen-bond acceptors (Lipinski definition) is 4. The van der Waals surface area contributed by atoms with Gasteiger partial charge < -0.3 is 10.0 Å². The molecule has 0 radical (unpaired) electrons. The van der Waals surface area contributed by atoms with Gasteiger partial charge in [0.25, 0.3) is 5.91 Å². The van der Waals surface area contributed by atoms with E-state index < -0.39 is 35.6 Å². The van der Waals surface area contributed by atoms with Crippen molar-refractivity contribution in [2.45, 2.75) is 57.2 Å². The number of likely N-dealkylation sites (tertiary alicyclic amines) is 1. The third kappa shape index (κ3) is 4.92. The summed E-state index contributed by atoms with van der Waals surface area (Å²) >= 11 is 0. The van der Waals surface area contributed by atoms with Crippen LogP contribution in [0.4, 0.5) is 26.3 Å². The van der Waals surface area contributed by atoms with E-state index in [2.05, 4.69) is 10.2 Å². The summed E-state index contributed by atoms with van der Waals surface area (Å²) in [5, 5.41) is 16.7. The first-order valence-corrected chi connectivity index (χ1v) is 10.9. The Morgan fingerprint density at radius 2 is 1.65 bits per heavy atom. The minimum absolute atomic E-state index is 0.0235. The molecular formula is C22H24F6N4O2. The van der Waals surface area contributed by atoms with Crippen LogP contribution in [-0.4, -0.2) is 56.9 Å². The molecule has 1 aromatic carbocycles. The lowest BCUT2D eigenvalue weighted by molar-refractivity contribution is -0.143. The standard InChI is InChI=1S/C22H24F6N4O2/c1-12(33)32-7-4-17-18(11-32)29-30-19(17)20(34)31-5-2-13(3-6-31)14-8-15(21(23,24)25)10-16(9-14)22(26,27)28/h8-10,12-13,33H,2-7,11H2,1H3,(H,29,30). The summed E-state index contributed by atoms with van der Waals surface area (Å²) in [6.45, 7) is 3.03. The van der Waals surface area contributed by atoms with E-state index >= 15 is 0 Å². The molecule has 1 fully saturated rings. The van der Waals surface area contributed by atoms with Crippen LogP contribution in [0.25, 0.3) is 0 Å². The molecule has 0 saturated carbocycles. The van der Waals surface area contributed by atoms with Crippen LogP contribution < -0.4 is 0 Å². The van der Waals surface area contributed by atoms with Crippen molar-refractivity contribution < 1.29 is 36.2 Å². The quantitative estimate of drug-likeness (QED) is 0.634. The second-order valence-corrected chi connectivity index (χ2v) is 8.79. The van der Waals surface area contributed by atoms with Crippen LogP contribution in [-0.2, 0) is 25.3 Å². The second-order valence-electron chi connectivity index (χ2n) is 8.79. The van der Waals surface area contributed by atoms with Crippen molar-refractivity contribution in [1.82, 2.24) is 20.0 Å². The van der Waals surface area contributed by atoms with E-state index in [1.165, 1.54) is 4.90 Å². The third-order valence-electron chi connectivity index (χ3n) is 6.56. The van der Waals surface area contributed by atoms with E-state index in [1.807, 2.05) is 4.90 Å². The summed E-state index contributed by atoms with van der Waals surface area (Å²) < 4.78 is 79.1. The van der Waals surface area contributed by atoms with Crippen LogP contribution in [0.2, 0.25) is 0 Å². The minimum Gasteiger partial charge on any atom is -0.379 e. The molecule has 1 saturated heterocycles. The Labute approximate surface area is 191 Å². The average Bonchev–Trinajstić information content (AvgIpc) is 3.20. The molecule has 1 aromatic heterocycles. The highest BCUT2D eigenvalue weighted by atomic mass is 19.4. The topological polar surface area (TPSA) is 72.5 Å². The highest BCUT2D eigenvalue weighted by Gasteiger charge is 2.38. The smallest absolute Gasteiger partial charge is 0.379 e. The van der Waals surface area contributed by atoms with Crippen LogP contribution in [0.15, 0.2) is 18.2 Å². The molecule has 4 rings (SSSR count). The lowest BCUT2D eigenvalue weighted by atomic mass is 9.87. The Morgan fingerprint density at radius 1 is 1.06 bits per heavy atom. The summed E-state index contributed by atoms with van der Waals surface area (Å²) in [4.78, 5) is 16.4. The first-order valence-electron chi connectivity index (χ1n) is 10.9. The Morgan fingerprint density at radius 3 is 2.18 bits per heavy atom. The number of fused-ring (bicyclic) bond motifs is 1. The number of piperidine rings is 1. The number of H-pyrrole nitrogens is 1. The summed E-state index contributed by atoms with van der Waals surface area (Å²) in [7, 11) is 0. The van der Waals surface area contributed by atoms with Crippen molar-refractivity contribution >= 4 is 5.91 Å². The van der Waals surface area contributed by atoms with Gasteiger partial charge in [0.2, 0.25) is 0 Å². The normalized spacial score (nSPS) is 19.2. The van der Waals surface area contributed by atoms with Crippen LogP contribution >= 0.6 is 0 Å². The number of hydrogen-bond donors (Lipinski definition) is 2. The number of carbonyl (C=O) groups excluding carboxylic acids is 1. The molecule has 0 bridgehead atoms. The first kappa shape index (κ1) is 24.5. The highest BCUT2D eigenvalue weighted by molar-refractivity contribution is 5.94. The zero-order chi connectivity index (χ0) is 24.8. The molecule has 2 aromatic rings. The van der Waals surface area contributed by atoms with Gasteiger partial charge in [0, 0.05) is 31.7 Å². The van der Waals surface area contributed by atoms with Gasteiger partial charge in [-0.05, 0) is 55.9 Å². The number of benzene rings is 1. The van der Waals surface area contributed by atoms with E-state index in [1.54, 1.807) is 6.92 Å². The Bertz CT molecular complexity index is 1020. The van der Waals surface area contributed by atoms with Crippen molar-refractivity contribution in [2.24, 2.45) is 0 Å². The van der Waals surface area contributed by atoms with Crippen molar-refractivity contribution in [2.75, 3.05) is 19.6 Å². The number of halogens is 6. The lowest BCUT2D eigenvalue weighted by Gasteiger charge is -2.33. The molecule has 1 amide bonds. The van der Waals surface area contributed by atoms with Crippen molar-refractivity contribution in [3.8, 4) is 0 Å².